The number of aryl methyl sites for hydroxylation is 1. The zero-order chi connectivity index (χ0) is 16.7. The minimum Gasteiger partial charge on any atom is -0.345 e. The smallest absolute Gasteiger partial charge is 0.258 e. The maximum absolute atomic E-state index is 13.2. The van der Waals surface area contributed by atoms with E-state index >= 15 is 0 Å². The highest BCUT2D eigenvalue weighted by Crippen LogP contribution is 2.29. The maximum atomic E-state index is 13.2. The molecule has 4 heteroatoms. The molecule has 0 unspecified atom stereocenters. The molecule has 120 valence electrons. The summed E-state index contributed by atoms with van der Waals surface area (Å²) in [5.41, 5.74) is 5.20. The molecule has 0 saturated heterocycles. The summed E-state index contributed by atoms with van der Waals surface area (Å²) >= 11 is 2.30. The van der Waals surface area contributed by atoms with Crippen molar-refractivity contribution in [2.24, 2.45) is 0 Å². The van der Waals surface area contributed by atoms with Gasteiger partial charge >= 0.3 is 0 Å². The van der Waals surface area contributed by atoms with Gasteiger partial charge in [0.1, 0.15) is 0 Å². The number of fused-ring (bicyclic) bond motifs is 2. The predicted molar refractivity (Wildman–Crippen MR) is 104 cm³/mol. The van der Waals surface area contributed by atoms with Crippen molar-refractivity contribution in [3.8, 4) is 0 Å². The fourth-order valence-electron chi connectivity index (χ4n) is 3.20. The molecule has 0 bridgehead atoms. The number of nitrogens with zero attached hydrogens (tertiary/aromatic N) is 2. The van der Waals surface area contributed by atoms with E-state index in [-0.39, 0.29) is 5.91 Å². The lowest BCUT2D eigenvalue weighted by molar-refractivity contribution is 0.0985. The molecule has 4 rings (SSSR count). The van der Waals surface area contributed by atoms with Crippen LogP contribution in [0, 0.1) is 10.5 Å². The van der Waals surface area contributed by atoms with Crippen LogP contribution >= 0.6 is 22.6 Å². The first-order valence-electron chi connectivity index (χ1n) is 7.93. The van der Waals surface area contributed by atoms with Gasteiger partial charge in [0.25, 0.3) is 5.91 Å². The monoisotopic (exact) mass is 428 g/mol. The van der Waals surface area contributed by atoms with Gasteiger partial charge in [-0.1, -0.05) is 18.2 Å². The molecule has 2 aromatic carbocycles. The molecule has 1 amide bonds. The maximum Gasteiger partial charge on any atom is 0.258 e. The van der Waals surface area contributed by atoms with Crippen molar-refractivity contribution in [2.45, 2.75) is 20.0 Å². The molecule has 1 aromatic heterocycles. The van der Waals surface area contributed by atoms with Crippen molar-refractivity contribution >= 4 is 34.2 Å². The fraction of sp³-hybridized carbons (Fsp3) is 0.150. The first kappa shape index (κ1) is 15.4. The molecular weight excluding hydrogens is 411 g/mol. The second-order valence-electron chi connectivity index (χ2n) is 6.11. The third-order valence-electron chi connectivity index (χ3n) is 4.52. The molecule has 0 aliphatic carbocycles. The van der Waals surface area contributed by atoms with Crippen molar-refractivity contribution in [1.82, 2.24) is 4.57 Å². The number of hydrogen-bond donors (Lipinski definition) is 0. The van der Waals surface area contributed by atoms with Crippen LogP contribution in [0.1, 0.15) is 27.2 Å². The number of halogens is 1. The molecule has 0 saturated carbocycles. The number of rotatable bonds is 1. The van der Waals surface area contributed by atoms with Crippen molar-refractivity contribution in [1.29, 1.82) is 0 Å². The van der Waals surface area contributed by atoms with Gasteiger partial charge in [-0.3, -0.25) is 4.79 Å². The summed E-state index contributed by atoms with van der Waals surface area (Å²) < 4.78 is 3.39. The van der Waals surface area contributed by atoms with Crippen molar-refractivity contribution in [3.63, 3.8) is 0 Å². The van der Waals surface area contributed by atoms with E-state index in [4.69, 9.17) is 0 Å². The summed E-state index contributed by atoms with van der Waals surface area (Å²) in [6, 6.07) is 18.2. The molecule has 3 nitrogen and oxygen atoms in total. The summed E-state index contributed by atoms with van der Waals surface area (Å²) in [5.74, 6) is 0.0524. The van der Waals surface area contributed by atoms with E-state index in [9.17, 15) is 4.79 Å². The molecule has 0 fully saturated rings. The van der Waals surface area contributed by atoms with Gasteiger partial charge in [0.15, 0.2) is 0 Å². The van der Waals surface area contributed by atoms with Crippen molar-refractivity contribution in [2.75, 3.05) is 4.90 Å². The summed E-state index contributed by atoms with van der Waals surface area (Å²) in [4.78, 5) is 15.1. The van der Waals surface area contributed by atoms with Gasteiger partial charge in [-0.05, 0) is 77.0 Å². The molecule has 3 aromatic rings. The minimum atomic E-state index is 0.0524. The standard InChI is InChI=1S/C20H17IN2O/c1-14-11-15(8-9-18(14)21)20(24)23-13-17-6-4-10-22(17)12-16-5-2-3-7-19(16)23/h2-11H,12-13H2,1H3. The number of hydrogen-bond acceptors (Lipinski definition) is 1. The highest BCUT2D eigenvalue weighted by atomic mass is 127. The first-order valence-corrected chi connectivity index (χ1v) is 9.01. The van der Waals surface area contributed by atoms with Crippen molar-refractivity contribution < 1.29 is 4.79 Å². The Hall–Kier alpha value is -2.08. The number of carbonyl (C=O) groups excluding carboxylic acids is 1. The average Bonchev–Trinajstić information content (AvgIpc) is 2.96. The highest BCUT2D eigenvalue weighted by molar-refractivity contribution is 14.1. The second-order valence-corrected chi connectivity index (χ2v) is 7.27. The largest absolute Gasteiger partial charge is 0.345 e. The Labute approximate surface area is 155 Å². The van der Waals surface area contributed by atoms with Crippen LogP contribution in [0.25, 0.3) is 0 Å². The number of anilines is 1. The van der Waals surface area contributed by atoms with E-state index in [1.165, 1.54) is 9.13 Å². The van der Waals surface area contributed by atoms with Crippen LogP contribution < -0.4 is 4.90 Å². The van der Waals surface area contributed by atoms with E-state index in [2.05, 4.69) is 45.5 Å². The van der Waals surface area contributed by atoms with E-state index in [1.54, 1.807) is 0 Å². The van der Waals surface area contributed by atoms with E-state index in [0.717, 1.165) is 29.1 Å². The van der Waals surface area contributed by atoms with Crippen LogP contribution in [0.5, 0.6) is 0 Å². The van der Waals surface area contributed by atoms with E-state index < -0.39 is 0 Å². The molecule has 0 atom stereocenters. The number of aromatic nitrogens is 1. The Morgan fingerprint density at radius 1 is 1.04 bits per heavy atom. The quantitative estimate of drug-likeness (QED) is 0.520. The summed E-state index contributed by atoms with van der Waals surface area (Å²) in [6.45, 7) is 3.43. The third kappa shape index (κ3) is 2.65. The molecule has 1 aliphatic heterocycles. The van der Waals surface area contributed by atoms with Gasteiger partial charge in [-0.15, -0.1) is 0 Å². The number of carbonyl (C=O) groups is 1. The molecule has 0 radical (unpaired) electrons. The lowest BCUT2D eigenvalue weighted by atomic mass is 10.1. The van der Waals surface area contributed by atoms with Gasteiger partial charge in [0, 0.05) is 33.3 Å². The SMILES string of the molecule is Cc1cc(C(=O)N2Cc3cccn3Cc3ccccc32)ccc1I. The minimum absolute atomic E-state index is 0.0524. The van der Waals surface area contributed by atoms with Crippen LogP contribution in [0.4, 0.5) is 5.69 Å². The summed E-state index contributed by atoms with van der Waals surface area (Å²) in [6.07, 6.45) is 2.08. The van der Waals surface area contributed by atoms with Crippen LogP contribution in [0.2, 0.25) is 0 Å². The van der Waals surface area contributed by atoms with Crippen molar-refractivity contribution in [3.05, 3.63) is 86.7 Å². The average molecular weight is 428 g/mol. The number of para-hydroxylation sites is 1. The Morgan fingerprint density at radius 2 is 1.88 bits per heavy atom. The molecule has 1 aliphatic rings. The lowest BCUT2D eigenvalue weighted by Crippen LogP contribution is -2.30. The first-order chi connectivity index (χ1) is 11.6. The predicted octanol–water partition coefficient (Wildman–Crippen LogP) is 4.61. The Morgan fingerprint density at radius 3 is 2.71 bits per heavy atom. The Bertz CT molecular complexity index is 929. The Balaban J connectivity index is 1.81. The fourth-order valence-corrected chi connectivity index (χ4v) is 3.54. The molecule has 2 heterocycles. The molecule has 0 spiro atoms. The van der Waals surface area contributed by atoms with Gasteiger partial charge in [-0.2, -0.15) is 0 Å². The summed E-state index contributed by atoms with van der Waals surface area (Å²) in [5, 5.41) is 0. The summed E-state index contributed by atoms with van der Waals surface area (Å²) in [7, 11) is 0. The van der Waals surface area contributed by atoms with Gasteiger partial charge in [0.05, 0.1) is 6.54 Å². The number of amides is 1. The Kier molecular flexibility index (Phi) is 3.92. The van der Waals surface area contributed by atoms with E-state index in [0.29, 0.717) is 6.54 Å². The van der Waals surface area contributed by atoms with Crippen LogP contribution in [-0.2, 0) is 13.1 Å². The molecule has 0 N–H and O–H groups in total. The molecular formula is C20H17IN2O. The topological polar surface area (TPSA) is 25.2 Å². The van der Waals surface area contributed by atoms with Crippen LogP contribution in [-0.4, -0.2) is 10.5 Å². The normalized spacial score (nSPS) is 13.2. The van der Waals surface area contributed by atoms with Gasteiger partial charge in [-0.25, -0.2) is 0 Å². The highest BCUT2D eigenvalue weighted by Gasteiger charge is 2.24. The van der Waals surface area contributed by atoms with Gasteiger partial charge in [0.2, 0.25) is 0 Å². The lowest BCUT2D eigenvalue weighted by Gasteiger charge is -2.23. The third-order valence-corrected chi connectivity index (χ3v) is 5.73. The number of benzene rings is 2. The molecule has 24 heavy (non-hydrogen) atoms. The zero-order valence-corrected chi connectivity index (χ0v) is 15.5. The van der Waals surface area contributed by atoms with E-state index in [1.807, 2.05) is 54.3 Å². The van der Waals surface area contributed by atoms with Crippen LogP contribution in [0.3, 0.4) is 0 Å². The second kappa shape index (κ2) is 6.09. The van der Waals surface area contributed by atoms with Gasteiger partial charge < -0.3 is 9.47 Å². The van der Waals surface area contributed by atoms with Crippen LogP contribution in [0.15, 0.2) is 60.8 Å². The zero-order valence-electron chi connectivity index (χ0n) is 13.4.